The zero-order valence-corrected chi connectivity index (χ0v) is 19.0. The second-order valence-corrected chi connectivity index (χ2v) is 8.43. The van der Waals surface area contributed by atoms with Crippen LogP contribution in [0.15, 0.2) is 47.6 Å². The van der Waals surface area contributed by atoms with Crippen LogP contribution in [-0.2, 0) is 9.59 Å². The lowest BCUT2D eigenvalue weighted by Gasteiger charge is -2.19. The monoisotopic (exact) mass is 441 g/mol. The molecule has 1 heterocycles. The number of hydrogen-bond donors (Lipinski definition) is 1. The molecule has 3 rings (SSSR count). The molecular formula is C23H27N3O4S. The van der Waals surface area contributed by atoms with Crippen molar-refractivity contribution in [3.05, 3.63) is 59.2 Å². The van der Waals surface area contributed by atoms with Crippen molar-refractivity contribution in [3.8, 4) is 11.5 Å². The van der Waals surface area contributed by atoms with E-state index in [1.165, 1.54) is 41.7 Å². The van der Waals surface area contributed by atoms with Gasteiger partial charge in [0.05, 0.1) is 13.2 Å². The number of amides is 2. The highest BCUT2D eigenvalue weighted by Crippen LogP contribution is 2.39. The molecule has 1 N–H and O–H groups in total. The van der Waals surface area contributed by atoms with Gasteiger partial charge in [-0.2, -0.15) is 0 Å². The first-order valence-electron chi connectivity index (χ1n) is 10.1. The maximum Gasteiger partial charge on any atom is 0.241 e. The molecule has 7 nitrogen and oxygen atoms in total. The standard InChI is InChI=1S/C23H27N3O4S/c1-15-12-16(2)14-21(13-15)30-11-5-10-29-20-8-6-19(7-9-20)22-26(18(4)28)25-23(31-22)24-17(3)27/h6-9,12-14,22H,5,10-11H2,1-4H3,(H,24,25,27)/t22-/m0/s1. The zero-order chi connectivity index (χ0) is 22.4. The van der Waals surface area contributed by atoms with Gasteiger partial charge >= 0.3 is 0 Å². The lowest BCUT2D eigenvalue weighted by atomic mass is 10.1. The first kappa shape index (κ1) is 22.7. The molecule has 8 heteroatoms. The van der Waals surface area contributed by atoms with Gasteiger partial charge in [-0.1, -0.05) is 30.0 Å². The van der Waals surface area contributed by atoms with Crippen LogP contribution in [0, 0.1) is 13.8 Å². The van der Waals surface area contributed by atoms with Gasteiger partial charge in [0.15, 0.2) is 5.17 Å². The molecule has 1 atom stereocenters. The fourth-order valence-electron chi connectivity index (χ4n) is 3.16. The summed E-state index contributed by atoms with van der Waals surface area (Å²) >= 11 is 1.32. The van der Waals surface area contributed by atoms with Crippen LogP contribution in [-0.4, -0.2) is 35.2 Å². The number of ether oxygens (including phenoxy) is 2. The predicted molar refractivity (Wildman–Crippen MR) is 122 cm³/mol. The molecule has 0 spiro atoms. The van der Waals surface area contributed by atoms with Gasteiger partial charge in [0, 0.05) is 20.3 Å². The molecule has 164 valence electrons. The van der Waals surface area contributed by atoms with E-state index in [1.54, 1.807) is 0 Å². The van der Waals surface area contributed by atoms with Crippen molar-refractivity contribution < 1.29 is 19.1 Å². The molecule has 2 amide bonds. The summed E-state index contributed by atoms with van der Waals surface area (Å²) in [7, 11) is 0. The molecule has 1 aliphatic heterocycles. The van der Waals surface area contributed by atoms with E-state index >= 15 is 0 Å². The van der Waals surface area contributed by atoms with E-state index in [0.29, 0.717) is 18.4 Å². The molecule has 1 aliphatic rings. The molecule has 0 saturated heterocycles. The summed E-state index contributed by atoms with van der Waals surface area (Å²) in [5, 5.41) is 8.30. The van der Waals surface area contributed by atoms with Crippen LogP contribution in [0.25, 0.3) is 0 Å². The Bertz CT molecular complexity index is 955. The molecule has 0 fully saturated rings. The minimum absolute atomic E-state index is 0.193. The van der Waals surface area contributed by atoms with Crippen LogP contribution in [0.3, 0.4) is 0 Å². The molecule has 2 aromatic rings. The number of nitrogens with zero attached hydrogens (tertiary/aromatic N) is 2. The highest BCUT2D eigenvalue weighted by atomic mass is 32.2. The molecule has 2 aromatic carbocycles. The van der Waals surface area contributed by atoms with Gasteiger partial charge in [-0.25, -0.2) is 5.01 Å². The minimum atomic E-state index is -0.320. The molecule has 0 unspecified atom stereocenters. The Labute approximate surface area is 186 Å². The highest BCUT2D eigenvalue weighted by molar-refractivity contribution is 8.14. The van der Waals surface area contributed by atoms with Crippen LogP contribution in [0.2, 0.25) is 0 Å². The SMILES string of the molecule is CC(=O)NC1=NN(C(C)=O)[C@H](c2ccc(OCCCOc3cc(C)cc(C)c3)cc2)S1. The minimum Gasteiger partial charge on any atom is -0.493 e. The smallest absolute Gasteiger partial charge is 0.241 e. The molecule has 0 radical (unpaired) electrons. The molecule has 0 saturated carbocycles. The van der Waals surface area contributed by atoms with E-state index in [2.05, 4.69) is 30.3 Å². The fourth-order valence-corrected chi connectivity index (χ4v) is 4.30. The van der Waals surface area contributed by atoms with Crippen LogP contribution in [0.5, 0.6) is 11.5 Å². The van der Waals surface area contributed by atoms with Crippen LogP contribution < -0.4 is 14.8 Å². The van der Waals surface area contributed by atoms with E-state index in [-0.39, 0.29) is 17.2 Å². The molecule has 0 bridgehead atoms. The van der Waals surface area contributed by atoms with Crippen molar-refractivity contribution in [2.75, 3.05) is 13.2 Å². The average molecular weight is 442 g/mol. The van der Waals surface area contributed by atoms with E-state index in [9.17, 15) is 9.59 Å². The van der Waals surface area contributed by atoms with Crippen molar-refractivity contribution in [2.45, 2.75) is 39.5 Å². The molecule has 31 heavy (non-hydrogen) atoms. The first-order valence-corrected chi connectivity index (χ1v) is 11.0. The highest BCUT2D eigenvalue weighted by Gasteiger charge is 2.32. The van der Waals surface area contributed by atoms with E-state index < -0.39 is 0 Å². The number of benzene rings is 2. The second-order valence-electron chi connectivity index (χ2n) is 7.36. The quantitative estimate of drug-likeness (QED) is 0.653. The van der Waals surface area contributed by atoms with E-state index in [1.807, 2.05) is 36.4 Å². The number of hydrogen-bond acceptors (Lipinski definition) is 6. The normalized spacial score (nSPS) is 15.4. The van der Waals surface area contributed by atoms with Crippen molar-refractivity contribution in [1.29, 1.82) is 0 Å². The molecule has 0 aromatic heterocycles. The summed E-state index contributed by atoms with van der Waals surface area (Å²) in [6.45, 7) is 8.09. The molecule has 0 aliphatic carbocycles. The van der Waals surface area contributed by atoms with E-state index in [0.717, 1.165) is 23.5 Å². The molecular weight excluding hydrogens is 414 g/mol. The van der Waals surface area contributed by atoms with Crippen LogP contribution in [0.4, 0.5) is 0 Å². The third-order valence-corrected chi connectivity index (χ3v) is 5.54. The summed E-state index contributed by atoms with van der Waals surface area (Å²) in [6, 6.07) is 13.7. The van der Waals surface area contributed by atoms with Crippen molar-refractivity contribution in [2.24, 2.45) is 5.10 Å². The summed E-state index contributed by atoms with van der Waals surface area (Å²) in [5.41, 5.74) is 3.27. The maximum atomic E-state index is 11.9. The number of hydrazone groups is 1. The van der Waals surface area contributed by atoms with Gasteiger partial charge in [-0.3, -0.25) is 9.59 Å². The number of thioether (sulfide) groups is 1. The van der Waals surface area contributed by atoms with Crippen molar-refractivity contribution >= 4 is 28.7 Å². The number of rotatable bonds is 7. The van der Waals surface area contributed by atoms with Crippen LogP contribution in [0.1, 0.15) is 42.3 Å². The number of carbonyl (C=O) groups is 2. The van der Waals surface area contributed by atoms with Crippen molar-refractivity contribution in [1.82, 2.24) is 10.3 Å². The van der Waals surface area contributed by atoms with Gasteiger partial charge in [0.1, 0.15) is 16.9 Å². The largest absolute Gasteiger partial charge is 0.493 e. The maximum absolute atomic E-state index is 11.9. The summed E-state index contributed by atoms with van der Waals surface area (Å²) < 4.78 is 11.6. The van der Waals surface area contributed by atoms with Gasteiger partial charge in [0.2, 0.25) is 11.8 Å². The number of amidine groups is 1. The lowest BCUT2D eigenvalue weighted by Crippen LogP contribution is -2.25. The summed E-state index contributed by atoms with van der Waals surface area (Å²) in [6.07, 6.45) is 0.763. The number of nitrogens with one attached hydrogen (secondary N) is 1. The van der Waals surface area contributed by atoms with Crippen LogP contribution >= 0.6 is 11.8 Å². The van der Waals surface area contributed by atoms with Crippen molar-refractivity contribution in [3.63, 3.8) is 0 Å². The Morgan fingerprint density at radius 1 is 1.00 bits per heavy atom. The Kier molecular flexibility index (Phi) is 7.57. The van der Waals surface area contributed by atoms with Gasteiger partial charge in [0.25, 0.3) is 0 Å². The van der Waals surface area contributed by atoms with Gasteiger partial charge in [-0.15, -0.1) is 5.10 Å². The van der Waals surface area contributed by atoms with Gasteiger partial charge in [-0.05, 0) is 54.8 Å². The Morgan fingerprint density at radius 2 is 1.61 bits per heavy atom. The lowest BCUT2D eigenvalue weighted by molar-refractivity contribution is -0.129. The predicted octanol–water partition coefficient (Wildman–Crippen LogP) is 4.15. The second kappa shape index (κ2) is 10.3. The fraction of sp³-hybridized carbons (Fsp3) is 0.348. The first-order chi connectivity index (χ1) is 14.8. The third kappa shape index (κ3) is 6.49. The van der Waals surface area contributed by atoms with Gasteiger partial charge < -0.3 is 14.8 Å². The Hall–Kier alpha value is -3.00. The number of carbonyl (C=O) groups excluding carboxylic acids is 2. The Balaban J connectivity index is 1.48. The zero-order valence-electron chi connectivity index (χ0n) is 18.2. The number of aryl methyl sites for hydroxylation is 2. The third-order valence-electron chi connectivity index (χ3n) is 4.44. The summed E-state index contributed by atoms with van der Waals surface area (Å²) in [4.78, 5) is 23.2. The topological polar surface area (TPSA) is 80.2 Å². The van der Waals surface area contributed by atoms with E-state index in [4.69, 9.17) is 9.47 Å². The Morgan fingerprint density at radius 3 is 2.19 bits per heavy atom. The summed E-state index contributed by atoms with van der Waals surface area (Å²) in [5.74, 6) is 1.21. The average Bonchev–Trinajstić information content (AvgIpc) is 3.11.